The van der Waals surface area contributed by atoms with Gasteiger partial charge < -0.3 is 9.84 Å². The molecule has 7 nitrogen and oxygen atoms in total. The maximum atomic E-state index is 13.6. The van der Waals surface area contributed by atoms with Crippen LogP contribution >= 0.6 is 0 Å². The van der Waals surface area contributed by atoms with Crippen LogP contribution in [-0.4, -0.2) is 28.8 Å². The summed E-state index contributed by atoms with van der Waals surface area (Å²) in [7, 11) is 0. The number of unbranched alkanes of at least 4 members (excludes halogenated alkanes) is 9. The van der Waals surface area contributed by atoms with Crippen molar-refractivity contribution in [3.63, 3.8) is 0 Å². The molecule has 0 saturated carbocycles. The monoisotopic (exact) mass is 556 g/mol. The van der Waals surface area contributed by atoms with Crippen LogP contribution in [0.5, 0.6) is 5.75 Å². The van der Waals surface area contributed by atoms with E-state index in [0.29, 0.717) is 0 Å². The number of anilines is 1. The average molecular weight is 557 g/mol. The van der Waals surface area contributed by atoms with Crippen molar-refractivity contribution < 1.29 is 41.6 Å². The second kappa shape index (κ2) is 15.9. The Morgan fingerprint density at radius 3 is 2.00 bits per heavy atom. The SMILES string of the molecule is CCCCCCCCCCCC[n+]1ccc(COc2ccccc2NNC(=O)C(F)(F)C(F)(F)C(=O)O)cc1. The Bertz CT molecular complexity index is 1040. The van der Waals surface area contributed by atoms with Crippen LogP contribution in [0.15, 0.2) is 48.8 Å². The smallest absolute Gasteiger partial charge is 0.413 e. The Balaban J connectivity index is 1.76. The number of hydrazine groups is 1. The number of aryl methyl sites for hydroxylation is 1. The molecule has 0 spiro atoms. The summed E-state index contributed by atoms with van der Waals surface area (Å²) < 4.78 is 61.5. The number of carbonyl (C=O) groups excluding carboxylic acids is 1. The van der Waals surface area contributed by atoms with Crippen molar-refractivity contribution in [2.45, 2.75) is 96.1 Å². The van der Waals surface area contributed by atoms with Crippen LogP contribution < -0.4 is 20.2 Å². The zero-order valence-electron chi connectivity index (χ0n) is 22.2. The Morgan fingerprint density at radius 2 is 1.41 bits per heavy atom. The number of carboxylic acids is 1. The topological polar surface area (TPSA) is 91.5 Å². The third kappa shape index (κ3) is 10.0. The molecule has 0 atom stereocenters. The van der Waals surface area contributed by atoms with E-state index in [1.165, 1.54) is 81.4 Å². The highest BCUT2D eigenvalue weighted by molar-refractivity contribution is 5.92. The molecule has 3 N–H and O–H groups in total. The van der Waals surface area contributed by atoms with Crippen molar-refractivity contribution in [3.8, 4) is 5.75 Å². The van der Waals surface area contributed by atoms with Gasteiger partial charge in [-0.15, -0.1) is 0 Å². The molecule has 1 amide bonds. The molecule has 0 bridgehead atoms. The Hall–Kier alpha value is -3.37. The summed E-state index contributed by atoms with van der Waals surface area (Å²) in [6.45, 7) is 3.26. The van der Waals surface area contributed by atoms with E-state index in [1.807, 2.05) is 24.5 Å². The summed E-state index contributed by atoms with van der Waals surface area (Å²) in [6.07, 6.45) is 16.6. The molecule has 0 unspecified atom stereocenters. The summed E-state index contributed by atoms with van der Waals surface area (Å²) in [5, 5.41) is 8.31. The maximum Gasteiger partial charge on any atom is 0.413 e. The lowest BCUT2D eigenvalue weighted by Crippen LogP contribution is -2.57. The molecule has 216 valence electrons. The number of carbonyl (C=O) groups is 2. The van der Waals surface area contributed by atoms with Crippen LogP contribution in [0.1, 0.15) is 76.7 Å². The third-order valence-corrected chi connectivity index (χ3v) is 6.27. The van der Waals surface area contributed by atoms with Crippen molar-refractivity contribution in [2.75, 3.05) is 5.43 Å². The summed E-state index contributed by atoms with van der Waals surface area (Å²) in [5.74, 6) is -16.5. The number of halogens is 4. The molecule has 0 aliphatic rings. The first-order valence-electron chi connectivity index (χ1n) is 13.3. The average Bonchev–Trinajstić information content (AvgIpc) is 2.92. The van der Waals surface area contributed by atoms with Crippen molar-refractivity contribution in [1.82, 2.24) is 5.43 Å². The van der Waals surface area contributed by atoms with E-state index in [2.05, 4.69) is 16.9 Å². The second-order valence-corrected chi connectivity index (χ2v) is 9.44. The molecule has 1 aromatic heterocycles. The Kier molecular flexibility index (Phi) is 13.0. The molecule has 0 aliphatic carbocycles. The minimum absolute atomic E-state index is 0.0206. The fourth-order valence-electron chi connectivity index (χ4n) is 3.85. The van der Waals surface area contributed by atoms with E-state index in [4.69, 9.17) is 9.84 Å². The maximum absolute atomic E-state index is 13.6. The lowest BCUT2D eigenvalue weighted by atomic mass is 10.1. The Labute approximate surface area is 226 Å². The normalized spacial score (nSPS) is 11.7. The molecule has 11 heteroatoms. The highest BCUT2D eigenvalue weighted by Crippen LogP contribution is 2.35. The molecule has 39 heavy (non-hydrogen) atoms. The first-order chi connectivity index (χ1) is 18.6. The molecule has 0 radical (unpaired) electrons. The van der Waals surface area contributed by atoms with Gasteiger partial charge in [0.05, 0.1) is 5.69 Å². The predicted molar refractivity (Wildman–Crippen MR) is 139 cm³/mol. The number of nitrogens with one attached hydrogen (secondary N) is 2. The number of rotatable bonds is 19. The van der Waals surface area contributed by atoms with Crippen molar-refractivity contribution in [1.29, 1.82) is 0 Å². The van der Waals surface area contributed by atoms with Crippen molar-refractivity contribution >= 4 is 17.6 Å². The van der Waals surface area contributed by atoms with E-state index in [-0.39, 0.29) is 18.0 Å². The van der Waals surface area contributed by atoms with Gasteiger partial charge in [0.2, 0.25) is 0 Å². The van der Waals surface area contributed by atoms with Crippen molar-refractivity contribution in [3.05, 3.63) is 54.4 Å². The highest BCUT2D eigenvalue weighted by atomic mass is 19.3. The van der Waals surface area contributed by atoms with E-state index >= 15 is 0 Å². The molecular weight excluding hydrogens is 518 g/mol. The number of nitrogens with zero attached hydrogens (tertiary/aromatic N) is 1. The minimum atomic E-state index is -5.58. The minimum Gasteiger partial charge on any atom is -0.487 e. The fourth-order valence-corrected chi connectivity index (χ4v) is 3.85. The molecule has 0 aliphatic heterocycles. The summed E-state index contributed by atoms with van der Waals surface area (Å²) >= 11 is 0. The van der Waals surface area contributed by atoms with Crippen LogP contribution in [0.2, 0.25) is 0 Å². The first kappa shape index (κ1) is 31.8. The standard InChI is InChI=1S/C28H37F4N3O4/c1-2-3-4-5-6-7-8-9-10-13-18-35-19-16-22(17-20-35)21-39-24-15-12-11-14-23(24)33-34-25(36)27(29,30)28(31,32)26(37)38/h11-12,14-17,19-20,33H,2-10,13,18,21H2,1H3,(H-,34,36,37,38)/p+1. The lowest BCUT2D eigenvalue weighted by Gasteiger charge is -2.22. The number of hydrogen-bond donors (Lipinski definition) is 3. The van der Waals surface area contributed by atoms with Gasteiger partial charge in [0.15, 0.2) is 12.4 Å². The number of aromatic nitrogens is 1. The molecule has 0 saturated heterocycles. The van der Waals surface area contributed by atoms with Gasteiger partial charge in [-0.2, -0.15) is 17.6 Å². The summed E-state index contributed by atoms with van der Waals surface area (Å²) in [4.78, 5) is 22.0. The number of benzene rings is 1. The first-order valence-corrected chi connectivity index (χ1v) is 13.3. The van der Waals surface area contributed by atoms with E-state index in [1.54, 1.807) is 6.07 Å². The van der Waals surface area contributed by atoms with Gasteiger partial charge in [-0.1, -0.05) is 70.4 Å². The van der Waals surface area contributed by atoms with Gasteiger partial charge >= 0.3 is 23.7 Å². The number of para-hydroxylation sites is 2. The zero-order valence-corrected chi connectivity index (χ0v) is 22.2. The molecular formula is C28H38F4N3O4+. The van der Waals surface area contributed by atoms with Crippen LogP contribution in [0, 0.1) is 0 Å². The predicted octanol–water partition coefficient (Wildman–Crippen LogP) is 6.27. The van der Waals surface area contributed by atoms with E-state index in [0.717, 1.165) is 18.5 Å². The number of amides is 1. The highest BCUT2D eigenvalue weighted by Gasteiger charge is 2.67. The molecule has 2 aromatic rings. The van der Waals surface area contributed by atoms with E-state index < -0.39 is 23.7 Å². The summed E-state index contributed by atoms with van der Waals surface area (Å²) in [6, 6.07) is 9.75. The summed E-state index contributed by atoms with van der Waals surface area (Å²) in [5.41, 5.74) is 4.37. The number of aliphatic carboxylic acids is 1. The van der Waals surface area contributed by atoms with Gasteiger partial charge in [-0.05, 0) is 18.6 Å². The van der Waals surface area contributed by atoms with Gasteiger partial charge in [-0.25, -0.2) is 9.36 Å². The molecule has 1 aromatic carbocycles. The number of alkyl halides is 4. The van der Waals surface area contributed by atoms with E-state index in [9.17, 15) is 27.2 Å². The van der Waals surface area contributed by atoms with Crippen LogP contribution in [-0.2, 0) is 22.7 Å². The zero-order chi connectivity index (χ0) is 28.7. The largest absolute Gasteiger partial charge is 0.487 e. The van der Waals surface area contributed by atoms with Crippen LogP contribution in [0.4, 0.5) is 23.2 Å². The lowest BCUT2D eigenvalue weighted by molar-refractivity contribution is -0.697. The quantitative estimate of drug-likeness (QED) is 0.0821. The van der Waals surface area contributed by atoms with Crippen molar-refractivity contribution in [2.24, 2.45) is 0 Å². The third-order valence-electron chi connectivity index (χ3n) is 6.27. The van der Waals surface area contributed by atoms with Gasteiger partial charge in [-0.3, -0.25) is 15.6 Å². The second-order valence-electron chi connectivity index (χ2n) is 9.44. The number of pyridine rings is 1. The fraction of sp³-hybridized carbons (Fsp3) is 0.536. The molecule has 1 heterocycles. The number of ether oxygens (including phenoxy) is 1. The van der Waals surface area contributed by atoms with Gasteiger partial charge in [0, 0.05) is 24.1 Å². The Morgan fingerprint density at radius 1 is 0.846 bits per heavy atom. The van der Waals surface area contributed by atoms with Gasteiger partial charge in [0.25, 0.3) is 0 Å². The van der Waals surface area contributed by atoms with Gasteiger partial charge in [0.1, 0.15) is 18.9 Å². The van der Waals surface area contributed by atoms with Crippen LogP contribution in [0.25, 0.3) is 0 Å². The van der Waals surface area contributed by atoms with Crippen LogP contribution in [0.3, 0.4) is 0 Å². The molecule has 2 rings (SSSR count). The number of carboxylic acid groups (broad SMARTS) is 1. The molecule has 0 fully saturated rings. The number of hydrogen-bond acceptors (Lipinski definition) is 4.